The van der Waals surface area contributed by atoms with Crippen molar-refractivity contribution in [1.82, 2.24) is 19.8 Å². The summed E-state index contributed by atoms with van der Waals surface area (Å²) in [7, 11) is 0. The molecule has 2 aromatic carbocycles. The van der Waals surface area contributed by atoms with E-state index in [1.807, 2.05) is 40.7 Å². The first-order valence-corrected chi connectivity index (χ1v) is 11.8. The molecule has 7 heteroatoms. The molecule has 1 N–H and O–H groups in total. The van der Waals surface area contributed by atoms with Crippen LogP contribution in [0.3, 0.4) is 0 Å². The summed E-state index contributed by atoms with van der Waals surface area (Å²) in [5.41, 5.74) is 2.15. The van der Waals surface area contributed by atoms with Gasteiger partial charge in [-0.25, -0.2) is 4.98 Å². The van der Waals surface area contributed by atoms with E-state index in [-0.39, 0.29) is 18.4 Å². The van der Waals surface area contributed by atoms with E-state index in [1.54, 1.807) is 24.3 Å². The van der Waals surface area contributed by atoms with Gasteiger partial charge in [-0.2, -0.15) is 0 Å². The molecular weight excluding hydrogens is 436 g/mol. The zero-order valence-corrected chi connectivity index (χ0v) is 20.8. The maximum atomic E-state index is 13.4. The number of para-hydroxylation sites is 2. The number of benzene rings is 2. The molecule has 0 radical (unpaired) electrons. The van der Waals surface area contributed by atoms with Gasteiger partial charge in [-0.05, 0) is 49.1 Å². The number of aromatic nitrogens is 2. The number of amides is 2. The molecule has 33 heavy (non-hydrogen) atoms. The zero-order valence-electron chi connectivity index (χ0n) is 20.0. The van der Waals surface area contributed by atoms with Crippen molar-refractivity contribution in [2.45, 2.75) is 47.2 Å². The van der Waals surface area contributed by atoms with E-state index in [0.29, 0.717) is 41.3 Å². The van der Waals surface area contributed by atoms with Crippen LogP contribution in [0.25, 0.3) is 11.0 Å². The Balaban J connectivity index is 1.90. The zero-order chi connectivity index (χ0) is 24.1. The van der Waals surface area contributed by atoms with E-state index < -0.39 is 6.04 Å². The maximum Gasteiger partial charge on any atom is 0.251 e. The van der Waals surface area contributed by atoms with Crippen molar-refractivity contribution in [2.24, 2.45) is 11.8 Å². The van der Waals surface area contributed by atoms with Crippen molar-refractivity contribution < 1.29 is 9.59 Å². The summed E-state index contributed by atoms with van der Waals surface area (Å²) in [5, 5.41) is 3.51. The van der Waals surface area contributed by atoms with Crippen molar-refractivity contribution >= 4 is 34.4 Å². The minimum Gasteiger partial charge on any atom is -0.342 e. The van der Waals surface area contributed by atoms with Crippen LogP contribution in [0.5, 0.6) is 0 Å². The third kappa shape index (κ3) is 6.35. The van der Waals surface area contributed by atoms with Gasteiger partial charge < -0.3 is 14.8 Å². The molecule has 0 aliphatic heterocycles. The average molecular weight is 469 g/mol. The Hall–Kier alpha value is -2.86. The summed E-state index contributed by atoms with van der Waals surface area (Å²) in [4.78, 5) is 32.9. The smallest absolute Gasteiger partial charge is 0.251 e. The van der Waals surface area contributed by atoms with E-state index >= 15 is 0 Å². The molecule has 2 amide bonds. The molecule has 1 atom stereocenters. The lowest BCUT2D eigenvalue weighted by Crippen LogP contribution is -2.39. The van der Waals surface area contributed by atoms with Gasteiger partial charge in [0, 0.05) is 23.7 Å². The Bertz CT molecular complexity index is 1110. The third-order valence-electron chi connectivity index (χ3n) is 5.32. The van der Waals surface area contributed by atoms with Crippen molar-refractivity contribution in [3.8, 4) is 0 Å². The fourth-order valence-corrected chi connectivity index (χ4v) is 4.15. The molecule has 0 bridgehead atoms. The second-order valence-electron chi connectivity index (χ2n) is 9.34. The highest BCUT2D eigenvalue weighted by molar-refractivity contribution is 6.30. The third-order valence-corrected chi connectivity index (χ3v) is 5.56. The topological polar surface area (TPSA) is 67.2 Å². The first-order valence-electron chi connectivity index (χ1n) is 11.4. The van der Waals surface area contributed by atoms with Crippen LogP contribution >= 0.6 is 11.6 Å². The minimum atomic E-state index is -0.402. The van der Waals surface area contributed by atoms with Crippen LogP contribution in [-0.2, 0) is 11.3 Å². The summed E-state index contributed by atoms with van der Waals surface area (Å²) in [6, 6.07) is 14.2. The van der Waals surface area contributed by atoms with Gasteiger partial charge in [-0.15, -0.1) is 0 Å². The lowest BCUT2D eigenvalue weighted by atomic mass is 10.1. The highest BCUT2D eigenvalue weighted by Gasteiger charge is 2.23. The standard InChI is InChI=1S/C26H33ClN4O2/c1-17(2)14-30(15-18(3)4)24(32)16-31-23-12-7-6-11-22(23)29-25(31)19(5)28-26(33)20-9-8-10-21(27)13-20/h6-13,17-19H,14-16H2,1-5H3,(H,28,33). The van der Waals surface area contributed by atoms with Gasteiger partial charge in [0.2, 0.25) is 5.91 Å². The van der Waals surface area contributed by atoms with Crippen molar-refractivity contribution in [2.75, 3.05) is 13.1 Å². The summed E-state index contributed by atoms with van der Waals surface area (Å²) >= 11 is 6.04. The second kappa shape index (κ2) is 10.8. The molecule has 0 spiro atoms. The van der Waals surface area contributed by atoms with Crippen LogP contribution in [0.2, 0.25) is 5.02 Å². The molecule has 1 heterocycles. The average Bonchev–Trinajstić information content (AvgIpc) is 3.11. The number of rotatable bonds is 9. The second-order valence-corrected chi connectivity index (χ2v) is 9.77. The molecule has 6 nitrogen and oxygen atoms in total. The fourth-order valence-electron chi connectivity index (χ4n) is 3.96. The first-order chi connectivity index (χ1) is 15.7. The van der Waals surface area contributed by atoms with E-state index in [4.69, 9.17) is 16.6 Å². The van der Waals surface area contributed by atoms with E-state index in [9.17, 15) is 9.59 Å². The van der Waals surface area contributed by atoms with Crippen LogP contribution in [0, 0.1) is 11.8 Å². The first kappa shape index (κ1) is 24.8. The van der Waals surface area contributed by atoms with Gasteiger partial charge in [-0.3, -0.25) is 9.59 Å². The number of nitrogens with zero attached hydrogens (tertiary/aromatic N) is 3. The Morgan fingerprint density at radius 1 is 1.00 bits per heavy atom. The van der Waals surface area contributed by atoms with Crippen molar-refractivity contribution in [1.29, 1.82) is 0 Å². The number of carbonyl (C=O) groups excluding carboxylic acids is 2. The quantitative estimate of drug-likeness (QED) is 0.462. The van der Waals surface area contributed by atoms with Gasteiger partial charge in [-0.1, -0.05) is 57.5 Å². The molecule has 0 saturated heterocycles. The largest absolute Gasteiger partial charge is 0.342 e. The lowest BCUT2D eigenvalue weighted by molar-refractivity contribution is -0.132. The van der Waals surface area contributed by atoms with Gasteiger partial charge in [0.05, 0.1) is 17.1 Å². The number of carbonyl (C=O) groups is 2. The molecule has 0 aliphatic carbocycles. The molecular formula is C26H33ClN4O2. The number of imidazole rings is 1. The van der Waals surface area contributed by atoms with Gasteiger partial charge >= 0.3 is 0 Å². The van der Waals surface area contributed by atoms with Crippen LogP contribution in [0.15, 0.2) is 48.5 Å². The SMILES string of the molecule is CC(C)CN(CC(C)C)C(=O)Cn1c(C(C)NC(=O)c2cccc(Cl)c2)nc2ccccc21. The summed E-state index contributed by atoms with van der Waals surface area (Å²) in [6.07, 6.45) is 0. The van der Waals surface area contributed by atoms with Crippen LogP contribution < -0.4 is 5.32 Å². The molecule has 0 aliphatic rings. The van der Waals surface area contributed by atoms with Crippen molar-refractivity contribution in [3.05, 3.63) is 64.9 Å². The van der Waals surface area contributed by atoms with Gasteiger partial charge in [0.15, 0.2) is 0 Å². The monoisotopic (exact) mass is 468 g/mol. The van der Waals surface area contributed by atoms with Crippen LogP contribution in [0.4, 0.5) is 0 Å². The molecule has 0 saturated carbocycles. The van der Waals surface area contributed by atoms with Crippen LogP contribution in [0.1, 0.15) is 56.8 Å². The predicted molar refractivity (Wildman–Crippen MR) is 133 cm³/mol. The normalized spacial score (nSPS) is 12.4. The summed E-state index contributed by atoms with van der Waals surface area (Å²) in [6.45, 7) is 11.9. The van der Waals surface area contributed by atoms with E-state index in [1.165, 1.54) is 0 Å². The highest BCUT2D eigenvalue weighted by atomic mass is 35.5. The fraction of sp³-hybridized carbons (Fsp3) is 0.423. The summed E-state index contributed by atoms with van der Waals surface area (Å²) in [5.74, 6) is 1.21. The summed E-state index contributed by atoms with van der Waals surface area (Å²) < 4.78 is 1.92. The molecule has 1 aromatic heterocycles. The molecule has 176 valence electrons. The number of nitrogens with one attached hydrogen (secondary N) is 1. The van der Waals surface area contributed by atoms with Gasteiger partial charge in [0.25, 0.3) is 5.91 Å². The number of fused-ring (bicyclic) bond motifs is 1. The lowest BCUT2D eigenvalue weighted by Gasteiger charge is -2.27. The Labute approximate surface area is 200 Å². The maximum absolute atomic E-state index is 13.4. The number of hydrogen-bond donors (Lipinski definition) is 1. The van der Waals surface area contributed by atoms with Crippen molar-refractivity contribution in [3.63, 3.8) is 0 Å². The number of hydrogen-bond acceptors (Lipinski definition) is 3. The van der Waals surface area contributed by atoms with Gasteiger partial charge in [0.1, 0.15) is 12.4 Å². The van der Waals surface area contributed by atoms with Crippen LogP contribution in [-0.4, -0.2) is 39.4 Å². The Kier molecular flexibility index (Phi) is 8.14. The molecule has 1 unspecified atom stereocenters. The highest BCUT2D eigenvalue weighted by Crippen LogP contribution is 2.22. The molecule has 0 fully saturated rings. The predicted octanol–water partition coefficient (Wildman–Crippen LogP) is 5.32. The van der Waals surface area contributed by atoms with E-state index in [0.717, 1.165) is 11.0 Å². The Morgan fingerprint density at radius 2 is 1.67 bits per heavy atom. The number of halogens is 1. The molecule has 3 rings (SSSR count). The minimum absolute atomic E-state index is 0.0511. The van der Waals surface area contributed by atoms with E-state index in [2.05, 4.69) is 33.0 Å². The Morgan fingerprint density at radius 3 is 2.30 bits per heavy atom. The molecule has 3 aromatic rings.